The monoisotopic (exact) mass is 327 g/mol. The molecule has 0 spiro atoms. The fraction of sp³-hybridized carbons (Fsp3) is 0.0667. The SMILES string of the molecule is [B]c1cc(-c2cnc(C(=O)NCC(=O)O)c(O)c2)c([B])c(C#N)c1[B]. The molecule has 3 N–H and O–H groups in total. The molecule has 0 unspecified atom stereocenters. The van der Waals surface area contributed by atoms with Crippen LogP contribution in [0, 0.1) is 11.3 Å². The van der Waals surface area contributed by atoms with Gasteiger partial charge in [0, 0.05) is 17.3 Å². The summed E-state index contributed by atoms with van der Waals surface area (Å²) in [5.41, 5.74) is 0.481. The highest BCUT2D eigenvalue weighted by Crippen LogP contribution is 2.23. The van der Waals surface area contributed by atoms with Crippen LogP contribution in [0.25, 0.3) is 11.1 Å². The van der Waals surface area contributed by atoms with Gasteiger partial charge in [-0.3, -0.25) is 9.59 Å². The van der Waals surface area contributed by atoms with Gasteiger partial charge in [0.2, 0.25) is 0 Å². The number of carbonyl (C=O) groups excluding carboxylic acids is 1. The lowest BCUT2D eigenvalue weighted by molar-refractivity contribution is -0.135. The molecule has 0 saturated heterocycles. The topological polar surface area (TPSA) is 123 Å². The highest BCUT2D eigenvalue weighted by atomic mass is 16.4. The van der Waals surface area contributed by atoms with Crippen LogP contribution in [0.1, 0.15) is 16.1 Å². The molecule has 2 rings (SSSR count). The molecule has 6 radical (unpaired) electrons. The molecule has 0 saturated carbocycles. The van der Waals surface area contributed by atoms with E-state index in [4.69, 9.17) is 33.9 Å². The summed E-state index contributed by atoms with van der Waals surface area (Å²) >= 11 is 0. The van der Waals surface area contributed by atoms with E-state index in [1.807, 2.05) is 6.07 Å². The van der Waals surface area contributed by atoms with Crippen molar-refractivity contribution in [1.29, 1.82) is 5.26 Å². The normalized spacial score (nSPS) is 10.0. The van der Waals surface area contributed by atoms with E-state index in [-0.39, 0.29) is 27.6 Å². The lowest BCUT2D eigenvalue weighted by Gasteiger charge is -2.14. The van der Waals surface area contributed by atoms with Crippen molar-refractivity contribution in [3.63, 3.8) is 0 Å². The summed E-state index contributed by atoms with van der Waals surface area (Å²) in [5.74, 6) is -2.58. The van der Waals surface area contributed by atoms with Crippen molar-refractivity contribution in [3.8, 4) is 22.9 Å². The number of aromatic hydroxyl groups is 1. The molecule has 1 aromatic heterocycles. The molecular weight excluding hydrogens is 319 g/mol. The summed E-state index contributed by atoms with van der Waals surface area (Å²) < 4.78 is 0. The van der Waals surface area contributed by atoms with Gasteiger partial charge in [0.05, 0.1) is 6.07 Å². The Morgan fingerprint density at radius 1 is 1.24 bits per heavy atom. The zero-order chi connectivity index (χ0) is 18.7. The van der Waals surface area contributed by atoms with E-state index in [1.54, 1.807) is 0 Å². The van der Waals surface area contributed by atoms with E-state index < -0.39 is 24.2 Å². The zero-order valence-electron chi connectivity index (χ0n) is 12.8. The lowest BCUT2D eigenvalue weighted by Crippen LogP contribution is -2.35. The average Bonchev–Trinajstić information content (AvgIpc) is 2.56. The molecule has 25 heavy (non-hydrogen) atoms. The summed E-state index contributed by atoms with van der Waals surface area (Å²) in [4.78, 5) is 26.1. The molecule has 0 atom stereocenters. The van der Waals surface area contributed by atoms with Crippen LogP contribution in [0.5, 0.6) is 5.75 Å². The number of nitriles is 1. The fourth-order valence-corrected chi connectivity index (χ4v) is 2.11. The predicted octanol–water partition coefficient (Wildman–Crippen LogP) is -2.48. The van der Waals surface area contributed by atoms with Crippen LogP contribution in [0.3, 0.4) is 0 Å². The molecule has 116 valence electrons. The maximum absolute atomic E-state index is 11.8. The first-order chi connectivity index (χ1) is 11.8. The van der Waals surface area contributed by atoms with Crippen molar-refractivity contribution in [2.75, 3.05) is 6.54 Å². The van der Waals surface area contributed by atoms with Crippen LogP contribution in [0.4, 0.5) is 0 Å². The zero-order valence-corrected chi connectivity index (χ0v) is 12.8. The largest absolute Gasteiger partial charge is 0.505 e. The molecular formula is C15H8B3N3O4. The van der Waals surface area contributed by atoms with Crippen molar-refractivity contribution >= 4 is 51.8 Å². The van der Waals surface area contributed by atoms with E-state index in [0.29, 0.717) is 11.1 Å². The second-order valence-corrected chi connectivity index (χ2v) is 5.00. The molecule has 1 aromatic carbocycles. The summed E-state index contributed by atoms with van der Waals surface area (Å²) in [7, 11) is 17.4. The van der Waals surface area contributed by atoms with Crippen LogP contribution < -0.4 is 21.7 Å². The maximum Gasteiger partial charge on any atom is 0.322 e. The Hall–Kier alpha value is -3.21. The summed E-state index contributed by atoms with van der Waals surface area (Å²) in [6.45, 7) is -0.616. The second kappa shape index (κ2) is 7.13. The Bertz CT molecular complexity index is 925. The van der Waals surface area contributed by atoms with E-state index in [0.717, 1.165) is 0 Å². The Kier molecular flexibility index (Phi) is 5.18. The number of rotatable bonds is 4. The Morgan fingerprint density at radius 2 is 1.92 bits per heavy atom. The minimum absolute atomic E-state index is 0.00207. The maximum atomic E-state index is 11.8. The molecule has 0 aliphatic rings. The van der Waals surface area contributed by atoms with Crippen LogP contribution in [-0.4, -0.2) is 57.2 Å². The standard InChI is InChI=1S/C15H8B3N3O4/c16-9-2-7(12(17)8(3-19)13(9)18)6-1-10(22)14(20-4-6)15(25)21-5-11(23)24/h1-2,4,22H,5H2,(H,21,25)(H,23,24). The summed E-state index contributed by atoms with van der Waals surface area (Å²) in [5, 5.41) is 29.8. The lowest BCUT2D eigenvalue weighted by atomic mass is 9.70. The number of pyridine rings is 1. The minimum atomic E-state index is -1.24. The number of benzene rings is 1. The average molecular weight is 327 g/mol. The van der Waals surface area contributed by atoms with Crippen LogP contribution in [0.2, 0.25) is 0 Å². The van der Waals surface area contributed by atoms with E-state index >= 15 is 0 Å². The van der Waals surface area contributed by atoms with Gasteiger partial charge in [0.15, 0.2) is 5.69 Å². The summed E-state index contributed by atoms with van der Waals surface area (Å²) in [6.07, 6.45) is 1.23. The fourth-order valence-electron chi connectivity index (χ4n) is 2.11. The smallest absolute Gasteiger partial charge is 0.322 e. The Labute approximate surface area is 146 Å². The van der Waals surface area contributed by atoms with Gasteiger partial charge < -0.3 is 15.5 Å². The van der Waals surface area contributed by atoms with Gasteiger partial charge in [-0.2, -0.15) is 5.26 Å². The van der Waals surface area contributed by atoms with Gasteiger partial charge in [0.1, 0.15) is 35.8 Å². The first-order valence-electron chi connectivity index (χ1n) is 6.83. The van der Waals surface area contributed by atoms with E-state index in [9.17, 15) is 14.7 Å². The molecule has 0 bridgehead atoms. The predicted molar refractivity (Wildman–Crippen MR) is 92.2 cm³/mol. The van der Waals surface area contributed by atoms with Crippen LogP contribution >= 0.6 is 0 Å². The number of carboxylic acid groups (broad SMARTS) is 1. The molecule has 0 aliphatic carbocycles. The number of nitrogens with one attached hydrogen (secondary N) is 1. The molecule has 0 aliphatic heterocycles. The third-order valence-electron chi connectivity index (χ3n) is 3.35. The third-order valence-corrected chi connectivity index (χ3v) is 3.35. The first-order valence-corrected chi connectivity index (χ1v) is 6.83. The highest BCUT2D eigenvalue weighted by molar-refractivity contribution is 6.52. The number of amides is 1. The number of carbonyl (C=O) groups is 2. The van der Waals surface area contributed by atoms with Crippen molar-refractivity contribution in [2.45, 2.75) is 0 Å². The number of carboxylic acids is 1. The van der Waals surface area contributed by atoms with Gasteiger partial charge in [-0.05, 0) is 11.6 Å². The van der Waals surface area contributed by atoms with Gasteiger partial charge >= 0.3 is 5.97 Å². The summed E-state index contributed by atoms with van der Waals surface area (Å²) in [6, 6.07) is 4.48. The Balaban J connectivity index is 2.45. The van der Waals surface area contributed by atoms with Crippen molar-refractivity contribution in [1.82, 2.24) is 10.3 Å². The first kappa shape index (κ1) is 18.1. The van der Waals surface area contributed by atoms with Gasteiger partial charge in [-0.15, -0.1) is 5.46 Å². The minimum Gasteiger partial charge on any atom is -0.505 e. The van der Waals surface area contributed by atoms with Gasteiger partial charge in [-0.25, -0.2) is 4.98 Å². The van der Waals surface area contributed by atoms with Crippen molar-refractivity contribution in [2.24, 2.45) is 0 Å². The van der Waals surface area contributed by atoms with Crippen molar-refractivity contribution in [3.05, 3.63) is 29.6 Å². The second-order valence-electron chi connectivity index (χ2n) is 5.00. The number of aromatic nitrogens is 1. The number of hydrogen-bond donors (Lipinski definition) is 3. The number of nitrogens with zero attached hydrogens (tertiary/aromatic N) is 2. The van der Waals surface area contributed by atoms with Crippen LogP contribution in [0.15, 0.2) is 18.3 Å². The Morgan fingerprint density at radius 3 is 2.48 bits per heavy atom. The van der Waals surface area contributed by atoms with E-state index in [2.05, 4.69) is 10.3 Å². The molecule has 10 heteroatoms. The quantitative estimate of drug-likeness (QED) is 0.535. The molecule has 2 aromatic rings. The van der Waals surface area contributed by atoms with Gasteiger partial charge in [0.25, 0.3) is 5.91 Å². The van der Waals surface area contributed by atoms with Crippen molar-refractivity contribution < 1.29 is 19.8 Å². The number of aliphatic carboxylic acids is 1. The van der Waals surface area contributed by atoms with E-state index in [1.165, 1.54) is 18.3 Å². The molecule has 7 nitrogen and oxygen atoms in total. The molecule has 1 heterocycles. The van der Waals surface area contributed by atoms with Gasteiger partial charge in [-0.1, -0.05) is 17.0 Å². The number of hydrogen-bond acceptors (Lipinski definition) is 5. The van der Waals surface area contributed by atoms with Crippen LogP contribution in [-0.2, 0) is 4.79 Å². The third kappa shape index (κ3) is 3.66. The molecule has 0 fully saturated rings. The molecule has 1 amide bonds. The highest BCUT2D eigenvalue weighted by Gasteiger charge is 2.17.